The van der Waals surface area contributed by atoms with Gasteiger partial charge in [-0.15, -0.1) is 0 Å². The van der Waals surface area contributed by atoms with Crippen molar-refractivity contribution in [2.75, 3.05) is 0 Å². The quantitative estimate of drug-likeness (QED) is 0.813. The van der Waals surface area contributed by atoms with E-state index in [-0.39, 0.29) is 0 Å². The molecule has 0 aliphatic carbocycles. The lowest BCUT2D eigenvalue weighted by Crippen LogP contribution is -2.00. The van der Waals surface area contributed by atoms with Gasteiger partial charge in [0.15, 0.2) is 5.82 Å². The van der Waals surface area contributed by atoms with Crippen molar-refractivity contribution in [1.29, 1.82) is 0 Å². The van der Waals surface area contributed by atoms with Gasteiger partial charge in [0.1, 0.15) is 5.15 Å². The Kier molecular flexibility index (Phi) is 3.20. The summed E-state index contributed by atoms with van der Waals surface area (Å²) in [7, 11) is 0. The van der Waals surface area contributed by atoms with Crippen LogP contribution >= 0.6 is 11.6 Å². The Bertz CT molecular complexity index is 544. The van der Waals surface area contributed by atoms with Crippen molar-refractivity contribution in [1.82, 2.24) is 14.8 Å². The SMILES string of the molecule is Cc1ccnc(-n2nc(C)c(C(C)C)c2Cl)c1. The highest BCUT2D eigenvalue weighted by molar-refractivity contribution is 6.30. The molecule has 3 nitrogen and oxygen atoms in total. The molecule has 90 valence electrons. The highest BCUT2D eigenvalue weighted by atomic mass is 35.5. The first kappa shape index (κ1) is 12.1. The molecule has 0 atom stereocenters. The van der Waals surface area contributed by atoms with E-state index in [4.69, 9.17) is 11.6 Å². The smallest absolute Gasteiger partial charge is 0.155 e. The maximum Gasteiger partial charge on any atom is 0.155 e. The summed E-state index contributed by atoms with van der Waals surface area (Å²) >= 11 is 6.37. The predicted octanol–water partition coefficient (Wildman–Crippen LogP) is 3.66. The van der Waals surface area contributed by atoms with E-state index in [1.807, 2.05) is 26.0 Å². The fourth-order valence-corrected chi connectivity index (χ4v) is 2.43. The van der Waals surface area contributed by atoms with Crippen LogP contribution in [0.4, 0.5) is 0 Å². The Hall–Kier alpha value is -1.35. The van der Waals surface area contributed by atoms with Crippen LogP contribution in [0.5, 0.6) is 0 Å². The minimum Gasteiger partial charge on any atom is -0.237 e. The van der Waals surface area contributed by atoms with Crippen LogP contribution in [-0.2, 0) is 0 Å². The maximum atomic E-state index is 6.37. The van der Waals surface area contributed by atoms with E-state index in [1.54, 1.807) is 10.9 Å². The third kappa shape index (κ3) is 2.20. The molecule has 4 heteroatoms. The Labute approximate surface area is 106 Å². The molecule has 0 unspecified atom stereocenters. The van der Waals surface area contributed by atoms with Gasteiger partial charge in [0, 0.05) is 11.8 Å². The molecular weight excluding hydrogens is 234 g/mol. The van der Waals surface area contributed by atoms with Crippen LogP contribution in [0.25, 0.3) is 5.82 Å². The van der Waals surface area contributed by atoms with Crippen LogP contribution < -0.4 is 0 Å². The first-order valence-corrected chi connectivity index (χ1v) is 6.06. The molecule has 2 rings (SSSR count). The summed E-state index contributed by atoms with van der Waals surface area (Å²) in [4.78, 5) is 4.30. The minimum atomic E-state index is 0.362. The van der Waals surface area contributed by atoms with Crippen LogP contribution in [0.1, 0.15) is 36.6 Å². The molecule has 2 heterocycles. The molecule has 0 fully saturated rings. The van der Waals surface area contributed by atoms with Crippen molar-refractivity contribution in [3.05, 3.63) is 40.3 Å². The second kappa shape index (κ2) is 4.49. The van der Waals surface area contributed by atoms with Gasteiger partial charge in [-0.3, -0.25) is 0 Å². The van der Waals surface area contributed by atoms with Gasteiger partial charge in [0.2, 0.25) is 0 Å². The molecule has 2 aromatic heterocycles. The van der Waals surface area contributed by atoms with Crippen LogP contribution in [0.15, 0.2) is 18.3 Å². The van der Waals surface area contributed by atoms with Gasteiger partial charge in [-0.05, 0) is 37.5 Å². The Morgan fingerprint density at radius 1 is 1.29 bits per heavy atom. The van der Waals surface area contributed by atoms with Gasteiger partial charge in [-0.1, -0.05) is 25.4 Å². The van der Waals surface area contributed by atoms with Crippen LogP contribution in [0.2, 0.25) is 5.15 Å². The highest BCUT2D eigenvalue weighted by Gasteiger charge is 2.17. The molecular formula is C13H16ClN3. The highest BCUT2D eigenvalue weighted by Crippen LogP contribution is 2.29. The summed E-state index contributed by atoms with van der Waals surface area (Å²) in [5, 5.41) is 5.13. The molecule has 2 aromatic rings. The number of rotatable bonds is 2. The largest absolute Gasteiger partial charge is 0.237 e. The summed E-state index contributed by atoms with van der Waals surface area (Å²) in [6, 6.07) is 3.93. The number of hydrogen-bond acceptors (Lipinski definition) is 2. The van der Waals surface area contributed by atoms with E-state index in [0.29, 0.717) is 11.1 Å². The Morgan fingerprint density at radius 2 is 2.00 bits per heavy atom. The van der Waals surface area contributed by atoms with E-state index < -0.39 is 0 Å². The molecule has 0 radical (unpaired) electrons. The zero-order chi connectivity index (χ0) is 12.6. The number of aryl methyl sites for hydroxylation is 2. The first-order valence-electron chi connectivity index (χ1n) is 5.68. The van der Waals surface area contributed by atoms with Crippen LogP contribution in [0.3, 0.4) is 0 Å². The Balaban J connectivity index is 2.58. The monoisotopic (exact) mass is 249 g/mol. The molecule has 17 heavy (non-hydrogen) atoms. The minimum absolute atomic E-state index is 0.362. The molecule has 0 aromatic carbocycles. The summed E-state index contributed by atoms with van der Waals surface area (Å²) in [5.74, 6) is 1.13. The lowest BCUT2D eigenvalue weighted by Gasteiger charge is -2.05. The lowest BCUT2D eigenvalue weighted by molar-refractivity contribution is 0.831. The van der Waals surface area contributed by atoms with Crippen molar-refractivity contribution in [3.8, 4) is 5.82 Å². The van der Waals surface area contributed by atoms with E-state index in [1.165, 1.54) is 0 Å². The number of halogens is 1. The number of nitrogens with zero attached hydrogens (tertiary/aromatic N) is 3. The third-order valence-corrected chi connectivity index (χ3v) is 3.11. The fourth-order valence-electron chi connectivity index (χ4n) is 1.95. The summed E-state index contributed by atoms with van der Waals surface area (Å²) in [5.41, 5.74) is 3.20. The van der Waals surface area contributed by atoms with Gasteiger partial charge in [0.05, 0.1) is 5.69 Å². The molecule has 0 spiro atoms. The number of pyridine rings is 1. The summed E-state index contributed by atoms with van der Waals surface area (Å²) < 4.78 is 1.71. The molecule has 0 aliphatic heterocycles. The topological polar surface area (TPSA) is 30.7 Å². The lowest BCUT2D eigenvalue weighted by atomic mass is 10.1. The van der Waals surface area contributed by atoms with Gasteiger partial charge >= 0.3 is 0 Å². The molecule has 0 N–H and O–H groups in total. The van der Waals surface area contributed by atoms with E-state index >= 15 is 0 Å². The zero-order valence-electron chi connectivity index (χ0n) is 10.5. The predicted molar refractivity (Wildman–Crippen MR) is 69.9 cm³/mol. The van der Waals surface area contributed by atoms with Crippen molar-refractivity contribution >= 4 is 11.6 Å². The second-order valence-corrected chi connectivity index (χ2v) is 4.91. The fraction of sp³-hybridized carbons (Fsp3) is 0.385. The molecule has 0 saturated carbocycles. The van der Waals surface area contributed by atoms with Crippen molar-refractivity contribution in [2.24, 2.45) is 0 Å². The molecule has 0 saturated heterocycles. The average Bonchev–Trinajstić information content (AvgIpc) is 2.54. The van der Waals surface area contributed by atoms with Gasteiger partial charge in [-0.2, -0.15) is 5.10 Å². The van der Waals surface area contributed by atoms with E-state index in [0.717, 1.165) is 22.6 Å². The van der Waals surface area contributed by atoms with Crippen molar-refractivity contribution < 1.29 is 0 Å². The third-order valence-electron chi connectivity index (χ3n) is 2.74. The number of hydrogen-bond donors (Lipinski definition) is 0. The van der Waals surface area contributed by atoms with Crippen LogP contribution in [-0.4, -0.2) is 14.8 Å². The summed E-state index contributed by atoms with van der Waals surface area (Å²) in [6.45, 7) is 8.24. The zero-order valence-corrected chi connectivity index (χ0v) is 11.3. The van der Waals surface area contributed by atoms with Gasteiger partial charge in [-0.25, -0.2) is 9.67 Å². The normalized spacial score (nSPS) is 11.2. The average molecular weight is 250 g/mol. The van der Waals surface area contributed by atoms with Crippen molar-refractivity contribution in [2.45, 2.75) is 33.6 Å². The molecule has 0 aliphatic rings. The van der Waals surface area contributed by atoms with Gasteiger partial charge < -0.3 is 0 Å². The maximum absolute atomic E-state index is 6.37. The summed E-state index contributed by atoms with van der Waals surface area (Å²) in [6.07, 6.45) is 1.77. The van der Waals surface area contributed by atoms with Crippen molar-refractivity contribution in [3.63, 3.8) is 0 Å². The standard InChI is InChI=1S/C13H16ClN3/c1-8(2)12-10(4)16-17(13(12)14)11-7-9(3)5-6-15-11/h5-8H,1-4H3. The van der Waals surface area contributed by atoms with E-state index in [2.05, 4.69) is 23.9 Å². The first-order chi connectivity index (χ1) is 8.00. The molecule has 0 amide bonds. The van der Waals surface area contributed by atoms with Gasteiger partial charge in [0.25, 0.3) is 0 Å². The van der Waals surface area contributed by atoms with E-state index in [9.17, 15) is 0 Å². The van der Waals surface area contributed by atoms with Crippen LogP contribution in [0, 0.1) is 13.8 Å². The molecule has 0 bridgehead atoms. The second-order valence-electron chi connectivity index (χ2n) is 4.55. The number of aromatic nitrogens is 3. The Morgan fingerprint density at radius 3 is 2.53 bits per heavy atom.